The molecule has 0 saturated heterocycles. The lowest BCUT2D eigenvalue weighted by Crippen LogP contribution is -2.50. The number of hydrogen-bond donors (Lipinski definition) is 1. The van der Waals surface area contributed by atoms with Gasteiger partial charge in [-0.1, -0.05) is 48.5 Å². The van der Waals surface area contributed by atoms with Crippen LogP contribution >= 0.6 is 0 Å². The number of methoxy groups -OCH3 is 1. The van der Waals surface area contributed by atoms with Crippen molar-refractivity contribution in [3.63, 3.8) is 0 Å². The highest BCUT2D eigenvalue weighted by Crippen LogP contribution is 2.23. The number of rotatable bonds is 13. The molecule has 0 saturated carbocycles. The summed E-state index contributed by atoms with van der Waals surface area (Å²) in [5, 5.41) is 2.62. The van der Waals surface area contributed by atoms with Gasteiger partial charge in [-0.25, -0.2) is 12.8 Å². The maximum absolute atomic E-state index is 14.6. The molecule has 0 bridgehead atoms. The van der Waals surface area contributed by atoms with E-state index in [1.165, 1.54) is 29.4 Å². The molecule has 3 aromatic carbocycles. The lowest BCUT2D eigenvalue weighted by Gasteiger charge is -2.31. The molecule has 0 fully saturated rings. The highest BCUT2D eigenvalue weighted by atomic mass is 32.2. The number of ether oxygens (including phenoxy) is 1. The number of anilines is 1. The molecule has 8 nitrogen and oxygen atoms in total. The zero-order valence-corrected chi connectivity index (χ0v) is 23.2. The van der Waals surface area contributed by atoms with Gasteiger partial charge in [-0.15, -0.1) is 0 Å². The molecule has 0 aliphatic carbocycles. The Labute approximate surface area is 229 Å². The van der Waals surface area contributed by atoms with Gasteiger partial charge < -0.3 is 15.0 Å². The lowest BCUT2D eigenvalue weighted by atomic mass is 10.0. The highest BCUT2D eigenvalue weighted by Gasteiger charge is 2.30. The van der Waals surface area contributed by atoms with Crippen molar-refractivity contribution in [3.8, 4) is 5.75 Å². The minimum Gasteiger partial charge on any atom is -0.497 e. The van der Waals surface area contributed by atoms with Crippen molar-refractivity contribution in [2.45, 2.75) is 31.8 Å². The SMILES string of the molecule is CNC(=O)C(Cc1ccccc1)N(Cc1ccccc1F)C(=O)CCCN(c1ccc(OC)cc1)S(C)(=O)=O. The third-order valence-electron chi connectivity index (χ3n) is 6.33. The summed E-state index contributed by atoms with van der Waals surface area (Å²) in [6, 6.07) is 21.1. The van der Waals surface area contributed by atoms with Gasteiger partial charge in [0.15, 0.2) is 0 Å². The first-order valence-corrected chi connectivity index (χ1v) is 14.4. The summed E-state index contributed by atoms with van der Waals surface area (Å²) in [5.74, 6) is -0.649. The van der Waals surface area contributed by atoms with Gasteiger partial charge in [0.2, 0.25) is 21.8 Å². The maximum Gasteiger partial charge on any atom is 0.242 e. The van der Waals surface area contributed by atoms with Gasteiger partial charge in [-0.2, -0.15) is 0 Å². The minimum absolute atomic E-state index is 0.0427. The van der Waals surface area contributed by atoms with Crippen molar-refractivity contribution < 1.29 is 27.1 Å². The fourth-order valence-corrected chi connectivity index (χ4v) is 5.25. The second-order valence-electron chi connectivity index (χ2n) is 9.07. The quantitative estimate of drug-likeness (QED) is 0.347. The molecule has 1 atom stereocenters. The highest BCUT2D eigenvalue weighted by molar-refractivity contribution is 7.92. The van der Waals surface area contributed by atoms with E-state index in [2.05, 4.69) is 5.32 Å². The van der Waals surface area contributed by atoms with Gasteiger partial charge in [0.1, 0.15) is 17.6 Å². The summed E-state index contributed by atoms with van der Waals surface area (Å²) in [5.41, 5.74) is 1.57. The van der Waals surface area contributed by atoms with Crippen LogP contribution in [0.4, 0.5) is 10.1 Å². The number of nitrogens with zero attached hydrogens (tertiary/aromatic N) is 2. The summed E-state index contributed by atoms with van der Waals surface area (Å²) < 4.78 is 46.0. The standard InChI is InChI=1S/C29H34FN3O5S/c1-31-29(35)27(20-22-10-5-4-6-11-22)32(21-23-12-7-8-13-26(23)30)28(34)14-9-19-33(39(3,36)37)24-15-17-25(38-2)18-16-24/h4-8,10-13,15-18,27H,9,14,19-21H2,1-3H3,(H,31,35). The van der Waals surface area contributed by atoms with Crippen molar-refractivity contribution in [1.82, 2.24) is 10.2 Å². The van der Waals surface area contributed by atoms with Gasteiger partial charge in [0.05, 0.1) is 19.1 Å². The number of carbonyl (C=O) groups excluding carboxylic acids is 2. The van der Waals surface area contributed by atoms with Gasteiger partial charge in [-0.05, 0) is 42.3 Å². The van der Waals surface area contributed by atoms with Crippen molar-refractivity contribution in [3.05, 3.63) is 95.8 Å². The largest absolute Gasteiger partial charge is 0.497 e. The summed E-state index contributed by atoms with van der Waals surface area (Å²) in [4.78, 5) is 28.0. The van der Waals surface area contributed by atoms with Gasteiger partial charge in [-0.3, -0.25) is 13.9 Å². The smallest absolute Gasteiger partial charge is 0.242 e. The number of likely N-dealkylation sites (N-methyl/N-ethyl adjacent to an activating group) is 1. The van der Waals surface area contributed by atoms with E-state index in [4.69, 9.17) is 4.74 Å². The number of amides is 2. The monoisotopic (exact) mass is 555 g/mol. The van der Waals surface area contributed by atoms with Crippen LogP contribution in [0.3, 0.4) is 0 Å². The minimum atomic E-state index is -3.63. The zero-order valence-electron chi connectivity index (χ0n) is 22.3. The van der Waals surface area contributed by atoms with Crippen LogP contribution in [0.25, 0.3) is 0 Å². The fraction of sp³-hybridized carbons (Fsp3) is 0.310. The van der Waals surface area contributed by atoms with E-state index in [1.807, 2.05) is 30.3 Å². The van der Waals surface area contributed by atoms with Crippen LogP contribution in [0, 0.1) is 5.82 Å². The summed E-state index contributed by atoms with van der Waals surface area (Å²) in [7, 11) is -0.620. The van der Waals surface area contributed by atoms with E-state index < -0.39 is 21.9 Å². The van der Waals surface area contributed by atoms with E-state index in [0.717, 1.165) is 11.8 Å². The zero-order chi connectivity index (χ0) is 28.4. The molecule has 0 aromatic heterocycles. The lowest BCUT2D eigenvalue weighted by molar-refractivity contribution is -0.141. The van der Waals surface area contributed by atoms with Crippen molar-refractivity contribution >= 4 is 27.5 Å². The average Bonchev–Trinajstić information content (AvgIpc) is 2.93. The Morgan fingerprint density at radius 3 is 2.21 bits per heavy atom. The van der Waals surface area contributed by atoms with E-state index >= 15 is 0 Å². The number of carbonyl (C=O) groups is 2. The van der Waals surface area contributed by atoms with Crippen LogP contribution in [0.1, 0.15) is 24.0 Å². The molecular formula is C29H34FN3O5S. The number of nitrogens with one attached hydrogen (secondary N) is 1. The van der Waals surface area contributed by atoms with E-state index in [-0.39, 0.29) is 49.7 Å². The molecule has 10 heteroatoms. The number of halogens is 1. The topological polar surface area (TPSA) is 96.0 Å². The second-order valence-corrected chi connectivity index (χ2v) is 11.0. The Hall–Kier alpha value is -3.92. The van der Waals surface area contributed by atoms with Crippen LogP contribution < -0.4 is 14.4 Å². The summed E-state index contributed by atoms with van der Waals surface area (Å²) >= 11 is 0. The molecule has 39 heavy (non-hydrogen) atoms. The van der Waals surface area contributed by atoms with Gasteiger partial charge >= 0.3 is 0 Å². The van der Waals surface area contributed by atoms with Crippen LogP contribution in [-0.2, 0) is 32.6 Å². The molecule has 0 spiro atoms. The molecule has 208 valence electrons. The van der Waals surface area contributed by atoms with Crippen LogP contribution in [0.5, 0.6) is 5.75 Å². The van der Waals surface area contributed by atoms with Gasteiger partial charge in [0.25, 0.3) is 0 Å². The molecule has 0 aliphatic rings. The van der Waals surface area contributed by atoms with Gasteiger partial charge in [0, 0.05) is 38.5 Å². The maximum atomic E-state index is 14.6. The van der Waals surface area contributed by atoms with E-state index in [1.54, 1.807) is 42.5 Å². The molecule has 3 rings (SSSR count). The van der Waals surface area contributed by atoms with E-state index in [9.17, 15) is 22.4 Å². The molecular weight excluding hydrogens is 521 g/mol. The third kappa shape index (κ3) is 8.28. The van der Waals surface area contributed by atoms with Crippen LogP contribution in [-0.4, -0.2) is 58.1 Å². The van der Waals surface area contributed by atoms with Crippen molar-refractivity contribution in [1.29, 1.82) is 0 Å². The Balaban J connectivity index is 1.84. The fourth-order valence-electron chi connectivity index (χ4n) is 4.28. The Morgan fingerprint density at radius 1 is 0.974 bits per heavy atom. The normalized spacial score (nSPS) is 11.9. The average molecular weight is 556 g/mol. The molecule has 1 unspecified atom stereocenters. The first-order valence-electron chi connectivity index (χ1n) is 12.5. The molecule has 2 amide bonds. The molecule has 1 N–H and O–H groups in total. The first kappa shape index (κ1) is 29.6. The van der Waals surface area contributed by atoms with E-state index in [0.29, 0.717) is 11.4 Å². The Morgan fingerprint density at radius 2 is 1.62 bits per heavy atom. The van der Waals surface area contributed by atoms with Crippen LogP contribution in [0.15, 0.2) is 78.9 Å². The Kier molecular flexibility index (Phi) is 10.4. The predicted octanol–water partition coefficient (Wildman–Crippen LogP) is 3.77. The molecule has 0 radical (unpaired) electrons. The van der Waals surface area contributed by atoms with Crippen molar-refractivity contribution in [2.75, 3.05) is 31.3 Å². The number of hydrogen-bond acceptors (Lipinski definition) is 5. The first-order chi connectivity index (χ1) is 18.6. The summed E-state index contributed by atoms with van der Waals surface area (Å²) in [6.07, 6.45) is 1.49. The molecule has 0 heterocycles. The predicted molar refractivity (Wildman–Crippen MR) is 149 cm³/mol. The van der Waals surface area contributed by atoms with Crippen molar-refractivity contribution in [2.24, 2.45) is 0 Å². The Bertz CT molecular complexity index is 1350. The third-order valence-corrected chi connectivity index (χ3v) is 7.52. The van der Waals surface area contributed by atoms with Crippen LogP contribution in [0.2, 0.25) is 0 Å². The molecule has 3 aromatic rings. The summed E-state index contributed by atoms with van der Waals surface area (Å²) in [6.45, 7) is -0.0571. The second kappa shape index (κ2) is 13.7. The number of benzene rings is 3. The molecule has 0 aliphatic heterocycles. The number of sulfonamides is 1.